The molecular weight excluding hydrogens is 267 g/mol. The van der Waals surface area contributed by atoms with Crippen LogP contribution in [0.15, 0.2) is 30.3 Å². The molecule has 0 amide bonds. The lowest BCUT2D eigenvalue weighted by Crippen LogP contribution is -2.47. The monoisotopic (exact) mass is 287 g/mol. The lowest BCUT2D eigenvalue weighted by Gasteiger charge is -2.38. The van der Waals surface area contributed by atoms with Crippen molar-refractivity contribution in [3.63, 3.8) is 0 Å². The van der Waals surface area contributed by atoms with Gasteiger partial charge in [-0.25, -0.2) is 0 Å². The molecule has 112 valence electrons. The van der Waals surface area contributed by atoms with Gasteiger partial charge in [-0.2, -0.15) is 13.2 Å². The number of alkyl halides is 3. The highest BCUT2D eigenvalue weighted by atomic mass is 19.4. The smallest absolute Gasteiger partial charge is 0.388 e. The normalized spacial score (nSPS) is 21.6. The van der Waals surface area contributed by atoms with Crippen molar-refractivity contribution in [1.29, 1.82) is 0 Å². The van der Waals surface area contributed by atoms with Gasteiger partial charge in [0.05, 0.1) is 6.10 Å². The zero-order chi connectivity index (χ0) is 14.8. The van der Waals surface area contributed by atoms with Gasteiger partial charge in [-0.1, -0.05) is 30.3 Å². The van der Waals surface area contributed by atoms with Crippen LogP contribution in [0.3, 0.4) is 0 Å². The Kier molecular flexibility index (Phi) is 4.70. The molecule has 1 fully saturated rings. The molecule has 1 aliphatic heterocycles. The van der Waals surface area contributed by atoms with Crippen LogP contribution in [-0.2, 0) is 0 Å². The molecule has 1 heterocycles. The Labute approximate surface area is 117 Å². The zero-order valence-corrected chi connectivity index (χ0v) is 11.5. The summed E-state index contributed by atoms with van der Waals surface area (Å²) < 4.78 is 38.0. The van der Waals surface area contributed by atoms with E-state index in [0.717, 1.165) is 5.56 Å². The number of hydrogen-bond acceptors (Lipinski definition) is 2. The molecule has 1 N–H and O–H groups in total. The summed E-state index contributed by atoms with van der Waals surface area (Å²) in [5.41, 5.74) is 0.842. The van der Waals surface area contributed by atoms with Crippen LogP contribution in [0.4, 0.5) is 13.2 Å². The first-order chi connectivity index (χ1) is 9.39. The summed E-state index contributed by atoms with van der Waals surface area (Å²) in [4.78, 5) is 1.45. The number of hydrogen-bond donors (Lipinski definition) is 1. The van der Waals surface area contributed by atoms with Crippen LogP contribution < -0.4 is 0 Å². The molecule has 1 aromatic rings. The molecule has 1 aromatic carbocycles. The van der Waals surface area contributed by atoms with E-state index < -0.39 is 18.3 Å². The molecule has 0 aliphatic carbocycles. The number of likely N-dealkylation sites (tertiary alicyclic amines) is 1. The predicted molar refractivity (Wildman–Crippen MR) is 71.2 cm³/mol. The van der Waals surface area contributed by atoms with E-state index in [0.29, 0.717) is 25.9 Å². The van der Waals surface area contributed by atoms with Crippen LogP contribution >= 0.6 is 0 Å². The SMILES string of the molecule is C[C@@H](N1CCC([C@@H](O)c2ccccc2)CC1)C(F)(F)F. The number of nitrogens with zero attached hydrogens (tertiary/aromatic N) is 1. The van der Waals surface area contributed by atoms with Crippen molar-refractivity contribution in [2.75, 3.05) is 13.1 Å². The highest BCUT2D eigenvalue weighted by Crippen LogP contribution is 2.33. The van der Waals surface area contributed by atoms with Crippen molar-refractivity contribution in [1.82, 2.24) is 4.90 Å². The second-order valence-corrected chi connectivity index (χ2v) is 5.45. The average Bonchev–Trinajstić information content (AvgIpc) is 2.46. The molecule has 1 saturated heterocycles. The zero-order valence-electron chi connectivity index (χ0n) is 11.5. The molecule has 0 saturated carbocycles. The van der Waals surface area contributed by atoms with Crippen molar-refractivity contribution >= 4 is 0 Å². The third-order valence-corrected chi connectivity index (χ3v) is 4.18. The molecule has 5 heteroatoms. The highest BCUT2D eigenvalue weighted by Gasteiger charge is 2.41. The highest BCUT2D eigenvalue weighted by molar-refractivity contribution is 5.18. The molecule has 0 spiro atoms. The summed E-state index contributed by atoms with van der Waals surface area (Å²) in [6, 6.07) is 7.91. The largest absolute Gasteiger partial charge is 0.403 e. The van der Waals surface area contributed by atoms with Gasteiger partial charge in [0.1, 0.15) is 6.04 Å². The fourth-order valence-electron chi connectivity index (χ4n) is 2.75. The number of halogens is 3. The quantitative estimate of drug-likeness (QED) is 0.921. The number of aliphatic hydroxyl groups is 1. The van der Waals surface area contributed by atoms with Gasteiger partial charge >= 0.3 is 6.18 Å². The number of aliphatic hydroxyl groups excluding tert-OH is 1. The maximum atomic E-state index is 12.7. The molecule has 0 aromatic heterocycles. The number of rotatable bonds is 3. The minimum absolute atomic E-state index is 0.0362. The topological polar surface area (TPSA) is 23.5 Å². The third-order valence-electron chi connectivity index (χ3n) is 4.18. The van der Waals surface area contributed by atoms with Crippen LogP contribution in [0.5, 0.6) is 0 Å². The second-order valence-electron chi connectivity index (χ2n) is 5.45. The molecule has 20 heavy (non-hydrogen) atoms. The van der Waals surface area contributed by atoms with Crippen LogP contribution in [0, 0.1) is 5.92 Å². The molecule has 2 atom stereocenters. The van der Waals surface area contributed by atoms with E-state index in [1.165, 1.54) is 11.8 Å². The van der Waals surface area contributed by atoms with E-state index in [9.17, 15) is 18.3 Å². The van der Waals surface area contributed by atoms with Gasteiger partial charge in [-0.15, -0.1) is 0 Å². The van der Waals surface area contributed by atoms with E-state index in [4.69, 9.17) is 0 Å². The summed E-state index contributed by atoms with van der Waals surface area (Å²) in [6.45, 7) is 1.97. The van der Waals surface area contributed by atoms with Gasteiger partial charge < -0.3 is 5.11 Å². The van der Waals surface area contributed by atoms with Crippen molar-refractivity contribution in [3.8, 4) is 0 Å². The summed E-state index contributed by atoms with van der Waals surface area (Å²) in [6.07, 6.45) is -3.57. The Morgan fingerprint density at radius 3 is 2.20 bits per heavy atom. The van der Waals surface area contributed by atoms with Crippen LogP contribution in [-0.4, -0.2) is 35.3 Å². The average molecular weight is 287 g/mol. The minimum Gasteiger partial charge on any atom is -0.388 e. The van der Waals surface area contributed by atoms with Crippen LogP contribution in [0.1, 0.15) is 31.4 Å². The summed E-state index contributed by atoms with van der Waals surface area (Å²) in [5.74, 6) is 0.0362. The van der Waals surface area contributed by atoms with Crippen molar-refractivity contribution in [2.24, 2.45) is 5.92 Å². The lowest BCUT2D eigenvalue weighted by atomic mass is 9.87. The molecule has 2 rings (SSSR count). The first kappa shape index (κ1) is 15.3. The Hall–Kier alpha value is -1.07. The molecule has 0 radical (unpaired) electrons. The van der Waals surface area contributed by atoms with Gasteiger partial charge in [0, 0.05) is 0 Å². The maximum absolute atomic E-state index is 12.7. The number of piperidine rings is 1. The Morgan fingerprint density at radius 1 is 1.15 bits per heavy atom. The van der Waals surface area contributed by atoms with Gasteiger partial charge in [0.2, 0.25) is 0 Å². The predicted octanol–water partition coefficient (Wildman–Crippen LogP) is 3.38. The molecule has 0 bridgehead atoms. The van der Waals surface area contributed by atoms with Gasteiger partial charge in [-0.05, 0) is 44.3 Å². The fraction of sp³-hybridized carbons (Fsp3) is 0.600. The molecular formula is C15H20F3NO. The molecule has 1 aliphatic rings. The van der Waals surface area contributed by atoms with E-state index in [2.05, 4.69) is 0 Å². The fourth-order valence-corrected chi connectivity index (χ4v) is 2.75. The third kappa shape index (κ3) is 3.52. The van der Waals surface area contributed by atoms with Crippen molar-refractivity contribution in [3.05, 3.63) is 35.9 Å². The Morgan fingerprint density at radius 2 is 1.70 bits per heavy atom. The van der Waals surface area contributed by atoms with Crippen molar-refractivity contribution in [2.45, 2.75) is 38.1 Å². The molecule has 0 unspecified atom stereocenters. The maximum Gasteiger partial charge on any atom is 0.403 e. The van der Waals surface area contributed by atoms with Gasteiger partial charge in [-0.3, -0.25) is 4.90 Å². The van der Waals surface area contributed by atoms with E-state index in [-0.39, 0.29) is 5.92 Å². The minimum atomic E-state index is -4.18. The Bertz CT molecular complexity index is 413. The lowest BCUT2D eigenvalue weighted by molar-refractivity contribution is -0.182. The van der Waals surface area contributed by atoms with Crippen LogP contribution in [0.2, 0.25) is 0 Å². The Balaban J connectivity index is 1.92. The standard InChI is InChI=1S/C15H20F3NO/c1-11(15(16,17)18)19-9-7-13(8-10-19)14(20)12-5-3-2-4-6-12/h2-6,11,13-14,20H,7-10H2,1H3/t11-,14+/m1/s1. The van der Waals surface area contributed by atoms with E-state index >= 15 is 0 Å². The summed E-state index contributed by atoms with van der Waals surface area (Å²) in [5, 5.41) is 10.3. The van der Waals surface area contributed by atoms with E-state index in [1.54, 1.807) is 0 Å². The van der Waals surface area contributed by atoms with Crippen molar-refractivity contribution < 1.29 is 18.3 Å². The first-order valence-electron chi connectivity index (χ1n) is 6.93. The van der Waals surface area contributed by atoms with E-state index in [1.807, 2.05) is 30.3 Å². The van der Waals surface area contributed by atoms with Gasteiger partial charge in [0.15, 0.2) is 0 Å². The molecule has 2 nitrogen and oxygen atoms in total. The van der Waals surface area contributed by atoms with Crippen LogP contribution in [0.25, 0.3) is 0 Å². The number of benzene rings is 1. The summed E-state index contributed by atoms with van der Waals surface area (Å²) in [7, 11) is 0. The second kappa shape index (κ2) is 6.14. The summed E-state index contributed by atoms with van der Waals surface area (Å²) >= 11 is 0. The van der Waals surface area contributed by atoms with Gasteiger partial charge in [0.25, 0.3) is 0 Å². The first-order valence-corrected chi connectivity index (χ1v) is 6.93.